The quantitative estimate of drug-likeness (QED) is 0.520. The van der Waals surface area contributed by atoms with Crippen molar-refractivity contribution in [3.05, 3.63) is 75.7 Å². The van der Waals surface area contributed by atoms with Crippen LogP contribution in [0.1, 0.15) is 15.9 Å². The summed E-state index contributed by atoms with van der Waals surface area (Å²) in [6.45, 7) is 4.04. The third-order valence-corrected chi connectivity index (χ3v) is 3.66. The first-order valence-corrected chi connectivity index (χ1v) is 7.72. The summed E-state index contributed by atoms with van der Waals surface area (Å²) in [5, 5.41) is 0.343. The number of ether oxygens (including phenoxy) is 2. The highest BCUT2D eigenvalue weighted by atomic mass is 79.9. The van der Waals surface area contributed by atoms with Gasteiger partial charge in [-0.25, -0.2) is 4.79 Å². The third kappa shape index (κ3) is 4.36. The Balaban J connectivity index is 2.13. The molecule has 3 nitrogen and oxygen atoms in total. The molecule has 0 saturated heterocycles. The fourth-order valence-corrected chi connectivity index (χ4v) is 2.73. The molecule has 0 aliphatic carbocycles. The van der Waals surface area contributed by atoms with Gasteiger partial charge in [0.15, 0.2) is 5.75 Å². The van der Waals surface area contributed by atoms with Crippen molar-refractivity contribution in [2.75, 3.05) is 6.61 Å². The van der Waals surface area contributed by atoms with Crippen molar-refractivity contribution >= 4 is 33.5 Å². The molecule has 0 radical (unpaired) electrons. The molecule has 2 aromatic carbocycles. The van der Waals surface area contributed by atoms with Gasteiger partial charge in [-0.05, 0) is 33.6 Å². The average molecular weight is 382 g/mol. The van der Waals surface area contributed by atoms with E-state index in [1.165, 1.54) is 12.1 Å². The van der Waals surface area contributed by atoms with Crippen LogP contribution in [-0.4, -0.2) is 12.6 Å². The topological polar surface area (TPSA) is 35.5 Å². The summed E-state index contributed by atoms with van der Waals surface area (Å²) >= 11 is 9.57. The van der Waals surface area contributed by atoms with Crippen LogP contribution in [0.3, 0.4) is 0 Å². The fourth-order valence-electron chi connectivity index (χ4n) is 1.76. The van der Waals surface area contributed by atoms with Gasteiger partial charge in [-0.2, -0.15) is 0 Å². The van der Waals surface area contributed by atoms with Crippen LogP contribution in [0.4, 0.5) is 0 Å². The van der Waals surface area contributed by atoms with Crippen LogP contribution in [0.5, 0.6) is 5.75 Å². The largest absolute Gasteiger partial charge is 0.486 e. The molecule has 0 N–H and O–H groups in total. The Hall–Kier alpha value is -1.78. The molecule has 0 bridgehead atoms. The fraction of sp³-hybridized carbons (Fsp3) is 0.118. The normalized spacial score (nSPS) is 10.1. The first kappa shape index (κ1) is 16.6. The lowest BCUT2D eigenvalue weighted by molar-refractivity contribution is 0.0549. The molecule has 0 amide bonds. The molecule has 0 aliphatic rings. The van der Waals surface area contributed by atoms with Gasteiger partial charge in [-0.3, -0.25) is 0 Å². The summed E-state index contributed by atoms with van der Waals surface area (Å²) in [4.78, 5) is 11.8. The molecule has 2 aromatic rings. The summed E-state index contributed by atoms with van der Waals surface area (Å²) in [7, 11) is 0. The van der Waals surface area contributed by atoms with Gasteiger partial charge in [0, 0.05) is 0 Å². The van der Waals surface area contributed by atoms with E-state index in [2.05, 4.69) is 22.5 Å². The Bertz CT molecular complexity index is 648. The number of hydrogen-bond acceptors (Lipinski definition) is 3. The zero-order valence-corrected chi connectivity index (χ0v) is 14.1. The zero-order valence-electron chi connectivity index (χ0n) is 11.7. The summed E-state index contributed by atoms with van der Waals surface area (Å²) < 4.78 is 11.3. The molecular formula is C17H14BrClO3. The molecule has 114 valence electrons. The van der Waals surface area contributed by atoms with Crippen molar-refractivity contribution in [1.82, 2.24) is 0 Å². The number of hydrogen-bond donors (Lipinski definition) is 0. The van der Waals surface area contributed by atoms with E-state index in [9.17, 15) is 4.79 Å². The highest BCUT2D eigenvalue weighted by molar-refractivity contribution is 9.10. The van der Waals surface area contributed by atoms with Crippen LogP contribution in [0, 0.1) is 0 Å². The highest BCUT2D eigenvalue weighted by Crippen LogP contribution is 2.35. The smallest absolute Gasteiger partial charge is 0.338 e. The van der Waals surface area contributed by atoms with Crippen molar-refractivity contribution in [2.45, 2.75) is 6.61 Å². The summed E-state index contributed by atoms with van der Waals surface area (Å²) in [5.74, 6) is 0.0305. The van der Waals surface area contributed by atoms with Crippen molar-refractivity contribution in [3.63, 3.8) is 0 Å². The van der Waals surface area contributed by atoms with E-state index in [1.807, 2.05) is 30.3 Å². The lowest BCUT2D eigenvalue weighted by Gasteiger charge is -2.12. The van der Waals surface area contributed by atoms with E-state index in [4.69, 9.17) is 21.1 Å². The third-order valence-electron chi connectivity index (χ3n) is 2.79. The summed E-state index contributed by atoms with van der Waals surface area (Å²) in [6, 6.07) is 12.9. The Labute approximate surface area is 142 Å². The second-order valence-corrected chi connectivity index (χ2v) is 5.69. The number of halogens is 2. The lowest BCUT2D eigenvalue weighted by atomic mass is 10.2. The Kier molecular flexibility index (Phi) is 6.04. The molecule has 22 heavy (non-hydrogen) atoms. The maximum atomic E-state index is 11.8. The Morgan fingerprint density at radius 1 is 1.27 bits per heavy atom. The molecule has 0 aromatic heterocycles. The van der Waals surface area contributed by atoms with Crippen LogP contribution >= 0.6 is 27.5 Å². The van der Waals surface area contributed by atoms with Crippen LogP contribution in [-0.2, 0) is 11.3 Å². The summed E-state index contributed by atoms with van der Waals surface area (Å²) in [6.07, 6.45) is 1.51. The standard InChI is InChI=1S/C17H14BrClO3/c1-2-8-21-17(20)13-9-14(18)16(15(19)10-13)22-11-12-6-4-3-5-7-12/h2-7,9-10H,1,8,11H2. The number of carbonyl (C=O) groups excluding carboxylic acids is 1. The van der Waals surface area contributed by atoms with Crippen molar-refractivity contribution in [1.29, 1.82) is 0 Å². The lowest BCUT2D eigenvalue weighted by Crippen LogP contribution is -2.06. The van der Waals surface area contributed by atoms with Crippen molar-refractivity contribution in [3.8, 4) is 5.75 Å². The molecule has 0 heterocycles. The van der Waals surface area contributed by atoms with Crippen LogP contribution in [0.15, 0.2) is 59.6 Å². The SMILES string of the molecule is C=CCOC(=O)c1cc(Cl)c(OCc2ccccc2)c(Br)c1. The zero-order chi connectivity index (χ0) is 15.9. The number of carbonyl (C=O) groups is 1. The van der Waals surface area contributed by atoms with E-state index in [1.54, 1.807) is 6.07 Å². The molecular weight excluding hydrogens is 368 g/mol. The van der Waals surface area contributed by atoms with Gasteiger partial charge in [0.2, 0.25) is 0 Å². The van der Waals surface area contributed by atoms with E-state index >= 15 is 0 Å². The van der Waals surface area contributed by atoms with E-state index in [0.29, 0.717) is 27.4 Å². The van der Waals surface area contributed by atoms with Gasteiger partial charge >= 0.3 is 5.97 Å². The van der Waals surface area contributed by atoms with Gasteiger partial charge < -0.3 is 9.47 Å². The average Bonchev–Trinajstić information content (AvgIpc) is 2.52. The second-order valence-electron chi connectivity index (χ2n) is 4.43. The second kappa shape index (κ2) is 8.01. The van der Waals surface area contributed by atoms with E-state index in [-0.39, 0.29) is 6.61 Å². The van der Waals surface area contributed by atoms with Gasteiger partial charge in [0.1, 0.15) is 13.2 Å². The minimum Gasteiger partial charge on any atom is -0.486 e. The molecule has 0 unspecified atom stereocenters. The number of rotatable bonds is 6. The van der Waals surface area contributed by atoms with Crippen LogP contribution < -0.4 is 4.74 Å². The maximum Gasteiger partial charge on any atom is 0.338 e. The minimum absolute atomic E-state index is 0.153. The van der Waals surface area contributed by atoms with Crippen molar-refractivity contribution < 1.29 is 14.3 Å². The first-order chi connectivity index (χ1) is 10.6. The van der Waals surface area contributed by atoms with Gasteiger partial charge in [-0.15, -0.1) is 0 Å². The molecule has 0 aliphatic heterocycles. The van der Waals surface area contributed by atoms with Crippen molar-refractivity contribution in [2.24, 2.45) is 0 Å². The molecule has 0 spiro atoms. The highest BCUT2D eigenvalue weighted by Gasteiger charge is 2.14. The van der Waals surface area contributed by atoms with Gasteiger partial charge in [0.05, 0.1) is 15.1 Å². The monoisotopic (exact) mass is 380 g/mol. The summed E-state index contributed by atoms with van der Waals surface area (Å²) in [5.41, 5.74) is 1.38. The van der Waals surface area contributed by atoms with E-state index in [0.717, 1.165) is 5.56 Å². The Morgan fingerprint density at radius 3 is 2.64 bits per heavy atom. The predicted molar refractivity (Wildman–Crippen MR) is 90.4 cm³/mol. The molecule has 0 saturated carbocycles. The Morgan fingerprint density at radius 2 is 2.00 bits per heavy atom. The molecule has 2 rings (SSSR count). The number of benzene rings is 2. The predicted octanol–water partition coefficient (Wildman–Crippen LogP) is 5.02. The van der Waals surface area contributed by atoms with Crippen LogP contribution in [0.2, 0.25) is 5.02 Å². The maximum absolute atomic E-state index is 11.8. The van der Waals surface area contributed by atoms with E-state index < -0.39 is 5.97 Å². The number of esters is 1. The minimum atomic E-state index is -0.461. The molecule has 0 atom stereocenters. The van der Waals surface area contributed by atoms with Gasteiger partial charge in [-0.1, -0.05) is 54.6 Å². The first-order valence-electron chi connectivity index (χ1n) is 6.55. The van der Waals surface area contributed by atoms with Gasteiger partial charge in [0.25, 0.3) is 0 Å². The molecule has 5 heteroatoms. The molecule has 0 fully saturated rings. The van der Waals surface area contributed by atoms with Crippen LogP contribution in [0.25, 0.3) is 0 Å².